The topological polar surface area (TPSA) is 99.0 Å². The van der Waals surface area contributed by atoms with Crippen LogP contribution in [0.4, 0.5) is 0 Å². The molecule has 1 amide bonds. The summed E-state index contributed by atoms with van der Waals surface area (Å²) in [5, 5.41) is 32.6. The number of carbonyl (C=O) groups excluding carboxylic acids is 1. The molecule has 5 atom stereocenters. The number of hydrogen-bond donors (Lipinski definition) is 4. The van der Waals surface area contributed by atoms with Crippen molar-refractivity contribution in [3.8, 4) is 0 Å². The van der Waals surface area contributed by atoms with Crippen molar-refractivity contribution in [2.45, 2.75) is 41.6 Å². The predicted octanol–water partition coefficient (Wildman–Crippen LogP) is 0.376. The normalized spacial score (nSPS) is 31.8. The second kappa shape index (κ2) is 7.63. The van der Waals surface area contributed by atoms with Crippen LogP contribution in [0.3, 0.4) is 0 Å². The number of nitrogens with one attached hydrogen (secondary N) is 1. The van der Waals surface area contributed by atoms with Crippen molar-refractivity contribution < 1.29 is 24.9 Å². The molecule has 1 aromatic carbocycles. The predicted molar refractivity (Wildman–Crippen MR) is 82.7 cm³/mol. The molecule has 1 aliphatic heterocycles. The Morgan fingerprint density at radius 3 is 2.50 bits per heavy atom. The van der Waals surface area contributed by atoms with E-state index in [-0.39, 0.29) is 5.91 Å². The number of halogens is 1. The summed E-state index contributed by atoms with van der Waals surface area (Å²) in [4.78, 5) is 12.1. The van der Waals surface area contributed by atoms with Crippen molar-refractivity contribution in [2.75, 3.05) is 6.61 Å². The quantitative estimate of drug-likeness (QED) is 0.628. The Labute approximate surface area is 137 Å². The highest BCUT2D eigenvalue weighted by Crippen LogP contribution is 2.33. The molecule has 2 rings (SSSR count). The Hall–Kier alpha value is -0.830. The summed E-state index contributed by atoms with van der Waals surface area (Å²) in [6.45, 7) is 0.893. The fourth-order valence-electron chi connectivity index (χ4n) is 2.22. The van der Waals surface area contributed by atoms with Crippen LogP contribution in [0.1, 0.15) is 6.92 Å². The fourth-order valence-corrected chi connectivity index (χ4v) is 3.48. The van der Waals surface area contributed by atoms with E-state index in [1.165, 1.54) is 18.7 Å². The molecule has 0 saturated carbocycles. The largest absolute Gasteiger partial charge is 0.394 e. The molecule has 0 aliphatic carbocycles. The molecule has 0 bridgehead atoms. The van der Waals surface area contributed by atoms with E-state index in [1.54, 1.807) is 24.3 Å². The average molecular weight is 348 g/mol. The number of thioether (sulfide) groups is 1. The molecule has 1 fully saturated rings. The van der Waals surface area contributed by atoms with E-state index in [4.69, 9.17) is 16.3 Å². The van der Waals surface area contributed by atoms with Crippen molar-refractivity contribution in [3.63, 3.8) is 0 Å². The smallest absolute Gasteiger partial charge is 0.217 e. The first kappa shape index (κ1) is 17.5. The zero-order valence-corrected chi connectivity index (χ0v) is 13.4. The fraction of sp³-hybridized carbons (Fsp3) is 0.500. The Morgan fingerprint density at radius 2 is 1.95 bits per heavy atom. The van der Waals surface area contributed by atoms with Gasteiger partial charge in [-0.3, -0.25) is 4.79 Å². The lowest BCUT2D eigenvalue weighted by atomic mass is 9.98. The van der Waals surface area contributed by atoms with E-state index in [1.807, 2.05) is 0 Å². The van der Waals surface area contributed by atoms with Crippen molar-refractivity contribution in [3.05, 3.63) is 29.3 Å². The average Bonchev–Trinajstić information content (AvgIpc) is 2.48. The zero-order chi connectivity index (χ0) is 16.3. The molecule has 1 aliphatic rings. The molecule has 0 aromatic heterocycles. The monoisotopic (exact) mass is 347 g/mol. The highest BCUT2D eigenvalue weighted by atomic mass is 35.5. The van der Waals surface area contributed by atoms with Crippen LogP contribution >= 0.6 is 23.4 Å². The van der Waals surface area contributed by atoms with Crippen molar-refractivity contribution >= 4 is 29.3 Å². The van der Waals surface area contributed by atoms with Crippen molar-refractivity contribution in [2.24, 2.45) is 0 Å². The molecule has 1 saturated heterocycles. The summed E-state index contributed by atoms with van der Waals surface area (Å²) in [5.41, 5.74) is -0.652. The lowest BCUT2D eigenvalue weighted by molar-refractivity contribution is -0.173. The molecular formula is C14H18ClNO5S. The molecule has 0 unspecified atom stereocenters. The van der Waals surface area contributed by atoms with E-state index in [2.05, 4.69) is 5.32 Å². The van der Waals surface area contributed by atoms with Gasteiger partial charge in [-0.05, 0) is 24.3 Å². The Balaban J connectivity index is 2.18. The van der Waals surface area contributed by atoms with Crippen LogP contribution in [0, 0.1) is 0 Å². The van der Waals surface area contributed by atoms with Crippen LogP contribution in [0.2, 0.25) is 5.02 Å². The van der Waals surface area contributed by atoms with Gasteiger partial charge in [0.05, 0.1) is 12.6 Å². The second-order valence-electron chi connectivity index (χ2n) is 5.00. The first-order valence-corrected chi connectivity index (χ1v) is 8.00. The van der Waals surface area contributed by atoms with E-state index in [9.17, 15) is 20.1 Å². The minimum Gasteiger partial charge on any atom is -0.394 e. The van der Waals surface area contributed by atoms with E-state index in [0.29, 0.717) is 5.02 Å². The minimum absolute atomic E-state index is 0.344. The molecule has 4 N–H and O–H groups in total. The van der Waals surface area contributed by atoms with Gasteiger partial charge in [0.25, 0.3) is 0 Å². The highest BCUT2D eigenvalue weighted by molar-refractivity contribution is 7.99. The van der Waals surface area contributed by atoms with Gasteiger partial charge >= 0.3 is 0 Å². The van der Waals surface area contributed by atoms with E-state index >= 15 is 0 Å². The van der Waals surface area contributed by atoms with Crippen molar-refractivity contribution in [1.29, 1.82) is 0 Å². The number of ether oxygens (including phenoxy) is 1. The lowest BCUT2D eigenvalue weighted by Gasteiger charge is -2.42. The van der Waals surface area contributed by atoms with Gasteiger partial charge in [-0.1, -0.05) is 23.4 Å². The SMILES string of the molecule is CC(=O)N[C@@H]1[C@@H](O)[C@H](O)[C@@H](CO)O[C@H]1Sc1ccc(Cl)cc1. The first-order chi connectivity index (χ1) is 10.4. The molecule has 0 radical (unpaired) electrons. The molecular weight excluding hydrogens is 330 g/mol. The van der Waals surface area contributed by atoms with Gasteiger partial charge in [0.15, 0.2) is 0 Å². The summed E-state index contributed by atoms with van der Waals surface area (Å²) in [7, 11) is 0. The van der Waals surface area contributed by atoms with Crippen LogP contribution in [0.25, 0.3) is 0 Å². The number of aliphatic hydroxyl groups is 3. The molecule has 1 aromatic rings. The molecule has 0 spiro atoms. The molecule has 6 nitrogen and oxygen atoms in total. The number of benzene rings is 1. The van der Waals surface area contributed by atoms with Gasteiger partial charge < -0.3 is 25.4 Å². The minimum atomic E-state index is -1.27. The van der Waals surface area contributed by atoms with Crippen LogP contribution in [0.15, 0.2) is 29.2 Å². The van der Waals surface area contributed by atoms with Gasteiger partial charge in [0.1, 0.15) is 23.7 Å². The van der Waals surface area contributed by atoms with Crippen LogP contribution in [0.5, 0.6) is 0 Å². The van der Waals surface area contributed by atoms with Gasteiger partial charge in [0, 0.05) is 16.8 Å². The molecule has 22 heavy (non-hydrogen) atoms. The first-order valence-electron chi connectivity index (χ1n) is 6.74. The lowest BCUT2D eigenvalue weighted by Crippen LogP contribution is -2.63. The number of amides is 1. The zero-order valence-electron chi connectivity index (χ0n) is 11.8. The number of aliphatic hydroxyl groups excluding tert-OH is 3. The third-order valence-corrected chi connectivity index (χ3v) is 4.75. The van der Waals surface area contributed by atoms with Crippen LogP contribution in [-0.2, 0) is 9.53 Å². The summed E-state index contributed by atoms with van der Waals surface area (Å²) in [6.07, 6.45) is -3.42. The maximum atomic E-state index is 11.3. The second-order valence-corrected chi connectivity index (χ2v) is 6.61. The van der Waals surface area contributed by atoms with Gasteiger partial charge in [-0.15, -0.1) is 0 Å². The Morgan fingerprint density at radius 1 is 1.32 bits per heavy atom. The third kappa shape index (κ3) is 4.13. The summed E-state index contributed by atoms with van der Waals surface area (Å²) in [6, 6.07) is 6.21. The van der Waals surface area contributed by atoms with Gasteiger partial charge in [-0.2, -0.15) is 0 Å². The Kier molecular flexibility index (Phi) is 6.08. The van der Waals surface area contributed by atoms with Crippen LogP contribution in [-0.4, -0.2) is 57.6 Å². The summed E-state index contributed by atoms with van der Waals surface area (Å²) < 4.78 is 5.62. The molecule has 8 heteroatoms. The summed E-state index contributed by atoms with van der Waals surface area (Å²) in [5.74, 6) is -0.344. The third-order valence-electron chi connectivity index (χ3n) is 3.32. The van der Waals surface area contributed by atoms with E-state index in [0.717, 1.165) is 4.90 Å². The van der Waals surface area contributed by atoms with E-state index < -0.39 is 36.4 Å². The highest BCUT2D eigenvalue weighted by Gasteiger charge is 2.45. The maximum Gasteiger partial charge on any atom is 0.217 e. The van der Waals surface area contributed by atoms with Crippen molar-refractivity contribution in [1.82, 2.24) is 5.32 Å². The maximum absolute atomic E-state index is 11.3. The standard InChI is InChI=1S/C14H18ClNO5S/c1-7(18)16-11-13(20)12(19)10(6-17)21-14(11)22-9-4-2-8(15)3-5-9/h2-5,10-14,17,19-20H,6H2,1H3,(H,16,18)/t10-,11-,12-,13-,14+/m1/s1. The van der Waals surface area contributed by atoms with Gasteiger partial charge in [0.2, 0.25) is 5.91 Å². The molecule has 1 heterocycles. The number of rotatable bonds is 4. The summed E-state index contributed by atoms with van der Waals surface area (Å²) >= 11 is 7.11. The number of hydrogen-bond acceptors (Lipinski definition) is 6. The van der Waals surface area contributed by atoms with Crippen LogP contribution < -0.4 is 5.32 Å². The number of carbonyl (C=O) groups is 1. The van der Waals surface area contributed by atoms with Gasteiger partial charge in [-0.25, -0.2) is 0 Å². The Bertz CT molecular complexity index is 514. The molecule has 122 valence electrons.